The molecule has 1 aromatic carbocycles. The predicted molar refractivity (Wildman–Crippen MR) is 123 cm³/mol. The minimum absolute atomic E-state index is 0.0451. The van der Waals surface area contributed by atoms with Gasteiger partial charge in [-0.15, -0.1) is 0 Å². The average Bonchev–Trinajstić information content (AvgIpc) is 2.80. The Morgan fingerprint density at radius 2 is 2.09 bits per heavy atom. The maximum absolute atomic E-state index is 13.5. The summed E-state index contributed by atoms with van der Waals surface area (Å²) in [4.78, 5) is 33.5. The molecule has 0 saturated carbocycles. The number of nitrogens with one attached hydrogen (secondary N) is 1. The molecular formula is C24H32N4O4. The summed E-state index contributed by atoms with van der Waals surface area (Å²) in [5.41, 5.74) is 2.40. The topological polar surface area (TPSA) is 95.0 Å². The Kier molecular flexibility index (Phi) is 7.48. The Balaban J connectivity index is 2.07. The molecule has 0 bridgehead atoms. The third kappa shape index (κ3) is 4.92. The van der Waals surface area contributed by atoms with E-state index < -0.39 is 0 Å². The molecule has 0 fully saturated rings. The number of fused-ring (bicyclic) bond motifs is 1. The Labute approximate surface area is 189 Å². The van der Waals surface area contributed by atoms with Crippen LogP contribution in [0.3, 0.4) is 0 Å². The second-order valence-corrected chi connectivity index (χ2v) is 8.54. The number of carbonyl (C=O) groups excluding carboxylic acids is 2. The molecule has 1 aliphatic rings. The smallest absolute Gasteiger partial charge is 0.259 e. The molecule has 0 spiro atoms. The van der Waals surface area contributed by atoms with E-state index in [9.17, 15) is 14.7 Å². The van der Waals surface area contributed by atoms with Gasteiger partial charge in [0.1, 0.15) is 11.7 Å². The molecule has 0 radical (unpaired) electrons. The highest BCUT2D eigenvalue weighted by Gasteiger charge is 2.33. The van der Waals surface area contributed by atoms with Crippen molar-refractivity contribution < 1.29 is 19.4 Å². The van der Waals surface area contributed by atoms with Crippen molar-refractivity contribution in [2.24, 2.45) is 5.92 Å². The molecule has 2 aromatic rings. The lowest BCUT2D eigenvalue weighted by Gasteiger charge is -2.36. The van der Waals surface area contributed by atoms with Crippen molar-refractivity contribution in [3.05, 3.63) is 47.7 Å². The van der Waals surface area contributed by atoms with Crippen LogP contribution in [0, 0.1) is 5.92 Å². The fraction of sp³-hybridized carbons (Fsp3) is 0.458. The number of likely N-dealkylation sites (N-methyl/N-ethyl adjacent to an activating group) is 1. The molecule has 2 heterocycles. The number of rotatable bonds is 6. The fourth-order valence-electron chi connectivity index (χ4n) is 3.79. The summed E-state index contributed by atoms with van der Waals surface area (Å²) < 4.78 is 6.16. The summed E-state index contributed by atoms with van der Waals surface area (Å²) in [6.45, 7) is 4.79. The summed E-state index contributed by atoms with van der Waals surface area (Å²) in [6.07, 6.45) is 1.48. The van der Waals surface area contributed by atoms with Gasteiger partial charge in [0.2, 0.25) is 5.88 Å². The number of carbonyl (C=O) groups is 2. The van der Waals surface area contributed by atoms with E-state index >= 15 is 0 Å². The maximum atomic E-state index is 13.5. The number of amides is 2. The summed E-state index contributed by atoms with van der Waals surface area (Å²) in [6, 6.07) is 8.66. The average molecular weight is 441 g/mol. The third-order valence-electron chi connectivity index (χ3n) is 5.78. The molecule has 3 rings (SSSR count). The first-order valence-corrected chi connectivity index (χ1v) is 10.8. The zero-order valence-electron chi connectivity index (χ0n) is 19.3. The number of pyridine rings is 1. The van der Waals surface area contributed by atoms with Crippen LogP contribution in [-0.2, 0) is 0 Å². The molecule has 1 aliphatic heterocycles. The minimum atomic E-state index is -0.337. The van der Waals surface area contributed by atoms with E-state index in [0.717, 1.165) is 5.56 Å². The molecule has 8 heteroatoms. The third-order valence-corrected chi connectivity index (χ3v) is 5.78. The first-order chi connectivity index (χ1) is 15.3. The SMILES string of the molecule is CNC[C@H]1Oc2ncc(-c3cccc(C(=O)N(C)C)c3)cc2C(=O)N([C@H](C)CO)C[C@@H]1C. The van der Waals surface area contributed by atoms with Crippen LogP contribution in [0.15, 0.2) is 36.5 Å². The highest BCUT2D eigenvalue weighted by atomic mass is 16.5. The van der Waals surface area contributed by atoms with Crippen LogP contribution in [0.4, 0.5) is 0 Å². The summed E-state index contributed by atoms with van der Waals surface area (Å²) in [5.74, 6) is -0.00606. The lowest BCUT2D eigenvalue weighted by molar-refractivity contribution is 0.0404. The van der Waals surface area contributed by atoms with E-state index in [-0.39, 0.29) is 42.4 Å². The van der Waals surface area contributed by atoms with Gasteiger partial charge >= 0.3 is 0 Å². The summed E-state index contributed by atoms with van der Waals surface area (Å²) in [7, 11) is 5.27. The van der Waals surface area contributed by atoms with Gasteiger partial charge in [-0.2, -0.15) is 0 Å². The molecule has 8 nitrogen and oxygen atoms in total. The van der Waals surface area contributed by atoms with E-state index in [0.29, 0.717) is 29.8 Å². The van der Waals surface area contributed by atoms with Gasteiger partial charge in [0.15, 0.2) is 0 Å². The largest absolute Gasteiger partial charge is 0.472 e. The molecule has 0 saturated heterocycles. The molecule has 0 aliphatic carbocycles. The van der Waals surface area contributed by atoms with Gasteiger partial charge in [0.05, 0.1) is 12.6 Å². The Bertz CT molecular complexity index is 978. The van der Waals surface area contributed by atoms with Gasteiger partial charge in [0, 0.05) is 50.4 Å². The number of benzene rings is 1. The van der Waals surface area contributed by atoms with Gasteiger partial charge in [-0.3, -0.25) is 9.59 Å². The maximum Gasteiger partial charge on any atom is 0.259 e. The van der Waals surface area contributed by atoms with Crippen molar-refractivity contribution >= 4 is 11.8 Å². The lowest BCUT2D eigenvalue weighted by Crippen LogP contribution is -2.49. The Hall–Kier alpha value is -2.97. The van der Waals surface area contributed by atoms with E-state index in [1.54, 1.807) is 43.4 Å². The molecule has 2 N–H and O–H groups in total. The van der Waals surface area contributed by atoms with E-state index in [2.05, 4.69) is 10.3 Å². The van der Waals surface area contributed by atoms with Crippen molar-refractivity contribution in [3.8, 4) is 17.0 Å². The molecule has 1 aromatic heterocycles. The number of aliphatic hydroxyl groups is 1. The van der Waals surface area contributed by atoms with Crippen LogP contribution in [0.2, 0.25) is 0 Å². The van der Waals surface area contributed by atoms with E-state index in [1.807, 2.05) is 33.0 Å². The normalized spacial score (nSPS) is 19.4. The molecule has 3 atom stereocenters. The predicted octanol–water partition coefficient (Wildman–Crippen LogP) is 1.89. The van der Waals surface area contributed by atoms with Crippen LogP contribution in [-0.4, -0.2) is 84.7 Å². The highest BCUT2D eigenvalue weighted by molar-refractivity contribution is 5.98. The number of ether oxygens (including phenoxy) is 1. The van der Waals surface area contributed by atoms with Gasteiger partial charge in [-0.25, -0.2) is 4.98 Å². The molecule has 172 valence electrons. The van der Waals surface area contributed by atoms with E-state index in [4.69, 9.17) is 4.74 Å². The van der Waals surface area contributed by atoms with Gasteiger partial charge < -0.3 is 25.0 Å². The van der Waals surface area contributed by atoms with Crippen LogP contribution in [0.1, 0.15) is 34.6 Å². The van der Waals surface area contributed by atoms with Gasteiger partial charge in [-0.05, 0) is 37.7 Å². The second-order valence-electron chi connectivity index (χ2n) is 8.54. The molecular weight excluding hydrogens is 408 g/mol. The fourth-order valence-corrected chi connectivity index (χ4v) is 3.79. The van der Waals surface area contributed by atoms with Gasteiger partial charge in [0.25, 0.3) is 11.8 Å². The zero-order valence-corrected chi connectivity index (χ0v) is 19.3. The van der Waals surface area contributed by atoms with Crippen molar-refractivity contribution in [2.75, 3.05) is 40.8 Å². The number of aromatic nitrogens is 1. The van der Waals surface area contributed by atoms with Crippen molar-refractivity contribution in [3.63, 3.8) is 0 Å². The lowest BCUT2D eigenvalue weighted by atomic mass is 9.99. The monoisotopic (exact) mass is 440 g/mol. The minimum Gasteiger partial charge on any atom is -0.472 e. The molecule has 0 unspecified atom stereocenters. The van der Waals surface area contributed by atoms with Gasteiger partial charge in [-0.1, -0.05) is 19.1 Å². The van der Waals surface area contributed by atoms with Crippen molar-refractivity contribution in [1.82, 2.24) is 20.1 Å². The molecule has 2 amide bonds. The van der Waals surface area contributed by atoms with Crippen LogP contribution < -0.4 is 10.1 Å². The highest BCUT2D eigenvalue weighted by Crippen LogP contribution is 2.30. The number of aliphatic hydroxyl groups excluding tert-OH is 1. The number of hydrogen-bond acceptors (Lipinski definition) is 6. The number of hydrogen-bond donors (Lipinski definition) is 2. The Morgan fingerprint density at radius 1 is 1.34 bits per heavy atom. The van der Waals surface area contributed by atoms with Crippen LogP contribution in [0.25, 0.3) is 11.1 Å². The second kappa shape index (κ2) is 10.1. The number of nitrogens with zero attached hydrogens (tertiary/aromatic N) is 3. The van der Waals surface area contributed by atoms with Crippen molar-refractivity contribution in [1.29, 1.82) is 0 Å². The Morgan fingerprint density at radius 3 is 2.75 bits per heavy atom. The first kappa shape index (κ1) is 23.7. The summed E-state index contributed by atoms with van der Waals surface area (Å²) in [5, 5.41) is 12.9. The standard InChI is InChI=1S/C24H32N4O4/c1-15-13-28(16(2)14-29)24(31)20-10-19(11-26-22(20)32-21(15)12-25-3)17-7-6-8-18(9-17)23(30)27(4)5/h6-11,15-16,21,25,29H,12-14H2,1-5H3/t15-,16+,21+/m0/s1. The van der Waals surface area contributed by atoms with E-state index in [1.165, 1.54) is 4.90 Å². The molecule has 32 heavy (non-hydrogen) atoms. The summed E-state index contributed by atoms with van der Waals surface area (Å²) >= 11 is 0. The quantitative estimate of drug-likeness (QED) is 0.712. The first-order valence-electron chi connectivity index (χ1n) is 10.8. The van der Waals surface area contributed by atoms with Crippen LogP contribution in [0.5, 0.6) is 5.88 Å². The van der Waals surface area contributed by atoms with Crippen LogP contribution >= 0.6 is 0 Å². The van der Waals surface area contributed by atoms with Crippen molar-refractivity contribution in [2.45, 2.75) is 26.0 Å². The zero-order chi connectivity index (χ0) is 23.4.